The maximum absolute atomic E-state index is 8.92. The van der Waals surface area contributed by atoms with Crippen LogP contribution in [0.1, 0.15) is 44.9 Å². The van der Waals surface area contributed by atoms with Gasteiger partial charge in [-0.1, -0.05) is 19.3 Å². The van der Waals surface area contributed by atoms with Crippen molar-refractivity contribution in [2.45, 2.75) is 54.9 Å². The first kappa shape index (κ1) is 8.44. The highest BCUT2D eigenvalue weighted by atomic mass is 32.2. The maximum Gasteiger partial charge on any atom is 0.103 e. The van der Waals surface area contributed by atoms with Crippen LogP contribution in [0.25, 0.3) is 0 Å². The summed E-state index contributed by atoms with van der Waals surface area (Å²) in [5.41, 5.74) is 0. The van der Waals surface area contributed by atoms with Gasteiger partial charge in [-0.05, 0) is 25.7 Å². The zero-order chi connectivity index (χ0) is 8.44. The van der Waals surface area contributed by atoms with Crippen molar-refractivity contribution in [1.82, 2.24) is 0 Å². The molecule has 0 aliphatic heterocycles. The Balaban J connectivity index is 1.82. The molecule has 66 valence electrons. The molecule has 0 heterocycles. The molecule has 0 saturated heterocycles. The minimum atomic E-state index is 0.0714. The minimum absolute atomic E-state index is 0.0714. The first-order valence-electron chi connectivity index (χ1n) is 4.94. The molecular weight excluding hydrogens is 166 g/mol. The van der Waals surface area contributed by atoms with Gasteiger partial charge >= 0.3 is 0 Å². The monoisotopic (exact) mass is 181 g/mol. The van der Waals surface area contributed by atoms with Crippen LogP contribution in [-0.2, 0) is 0 Å². The second kappa shape index (κ2) is 3.30. The largest absolute Gasteiger partial charge is 0.197 e. The van der Waals surface area contributed by atoms with E-state index in [1.165, 1.54) is 32.1 Å². The summed E-state index contributed by atoms with van der Waals surface area (Å²) < 4.78 is 0.0714. The van der Waals surface area contributed by atoms with Crippen LogP contribution in [0, 0.1) is 11.3 Å². The lowest BCUT2D eigenvalue weighted by molar-refractivity contribution is 0.515. The van der Waals surface area contributed by atoms with Crippen LogP contribution in [-0.4, -0.2) is 10.00 Å². The van der Waals surface area contributed by atoms with Gasteiger partial charge in [0.15, 0.2) is 0 Å². The predicted octanol–water partition coefficient (Wildman–Crippen LogP) is 3.11. The Hall–Kier alpha value is -0.160. The van der Waals surface area contributed by atoms with E-state index in [1.54, 1.807) is 0 Å². The Labute approximate surface area is 78.5 Å². The molecule has 0 N–H and O–H groups in total. The van der Waals surface area contributed by atoms with Gasteiger partial charge in [0.2, 0.25) is 0 Å². The van der Waals surface area contributed by atoms with Crippen LogP contribution >= 0.6 is 11.8 Å². The Bertz CT molecular complexity index is 196. The van der Waals surface area contributed by atoms with Crippen LogP contribution in [0.3, 0.4) is 0 Å². The van der Waals surface area contributed by atoms with Crippen LogP contribution in [0.2, 0.25) is 0 Å². The van der Waals surface area contributed by atoms with Gasteiger partial charge in [-0.2, -0.15) is 5.26 Å². The van der Waals surface area contributed by atoms with Gasteiger partial charge in [0, 0.05) is 5.25 Å². The maximum atomic E-state index is 8.92. The molecular formula is C10H15NS. The van der Waals surface area contributed by atoms with E-state index in [4.69, 9.17) is 5.26 Å². The second-order valence-corrected chi connectivity index (χ2v) is 5.67. The van der Waals surface area contributed by atoms with Gasteiger partial charge in [-0.25, -0.2) is 0 Å². The van der Waals surface area contributed by atoms with Gasteiger partial charge in [0.25, 0.3) is 0 Å². The fraction of sp³-hybridized carbons (Fsp3) is 0.900. The number of hydrogen-bond acceptors (Lipinski definition) is 2. The van der Waals surface area contributed by atoms with Crippen molar-refractivity contribution in [3.05, 3.63) is 0 Å². The molecule has 0 atom stereocenters. The van der Waals surface area contributed by atoms with Crippen LogP contribution in [0.15, 0.2) is 0 Å². The number of nitrogens with zero attached hydrogens (tertiary/aromatic N) is 1. The quantitative estimate of drug-likeness (QED) is 0.653. The summed E-state index contributed by atoms with van der Waals surface area (Å²) in [5.74, 6) is 0. The summed E-state index contributed by atoms with van der Waals surface area (Å²) in [6, 6.07) is 2.46. The SMILES string of the molecule is N#CC1(SC2CCCCC2)CC1. The molecule has 0 unspecified atom stereocenters. The van der Waals surface area contributed by atoms with Gasteiger partial charge in [-0.3, -0.25) is 0 Å². The Morgan fingerprint density at radius 1 is 1.17 bits per heavy atom. The predicted molar refractivity (Wildman–Crippen MR) is 52.0 cm³/mol. The molecule has 2 fully saturated rings. The summed E-state index contributed by atoms with van der Waals surface area (Å²) in [4.78, 5) is 0. The molecule has 2 heteroatoms. The summed E-state index contributed by atoms with van der Waals surface area (Å²) in [5, 5.41) is 9.72. The third-order valence-electron chi connectivity index (χ3n) is 2.85. The molecule has 2 aliphatic carbocycles. The lowest BCUT2D eigenvalue weighted by atomic mass is 10.0. The molecule has 2 aliphatic rings. The number of thioether (sulfide) groups is 1. The first-order chi connectivity index (χ1) is 5.85. The smallest absolute Gasteiger partial charge is 0.103 e. The molecule has 0 amide bonds. The van der Waals surface area contributed by atoms with Gasteiger partial charge in [0.1, 0.15) is 4.75 Å². The molecule has 2 rings (SSSR count). The Morgan fingerprint density at radius 2 is 1.83 bits per heavy atom. The minimum Gasteiger partial charge on any atom is -0.197 e. The highest BCUT2D eigenvalue weighted by Gasteiger charge is 2.45. The second-order valence-electron chi connectivity index (χ2n) is 3.98. The van der Waals surface area contributed by atoms with Crippen molar-refractivity contribution in [1.29, 1.82) is 5.26 Å². The van der Waals surface area contributed by atoms with Crippen LogP contribution < -0.4 is 0 Å². The fourth-order valence-electron chi connectivity index (χ4n) is 1.87. The van der Waals surface area contributed by atoms with Crippen molar-refractivity contribution >= 4 is 11.8 Å². The fourth-order valence-corrected chi connectivity index (χ4v) is 3.47. The third-order valence-corrected chi connectivity index (χ3v) is 4.61. The van der Waals surface area contributed by atoms with E-state index in [9.17, 15) is 0 Å². The number of rotatable bonds is 2. The summed E-state index contributed by atoms with van der Waals surface area (Å²) >= 11 is 1.97. The van der Waals surface area contributed by atoms with Crippen molar-refractivity contribution in [3.63, 3.8) is 0 Å². The Kier molecular flexibility index (Phi) is 2.32. The van der Waals surface area contributed by atoms with Crippen LogP contribution in [0.5, 0.6) is 0 Å². The average molecular weight is 181 g/mol. The molecule has 0 radical (unpaired) electrons. The molecule has 0 aromatic rings. The molecule has 12 heavy (non-hydrogen) atoms. The standard InChI is InChI=1S/C10H15NS/c11-8-10(6-7-10)12-9-4-2-1-3-5-9/h9H,1-7H2. The summed E-state index contributed by atoms with van der Waals surface area (Å²) in [7, 11) is 0. The van der Waals surface area contributed by atoms with Crippen molar-refractivity contribution < 1.29 is 0 Å². The van der Waals surface area contributed by atoms with Crippen molar-refractivity contribution in [2.24, 2.45) is 0 Å². The molecule has 1 nitrogen and oxygen atoms in total. The van der Waals surface area contributed by atoms with Crippen LogP contribution in [0.4, 0.5) is 0 Å². The van der Waals surface area contributed by atoms with E-state index in [2.05, 4.69) is 6.07 Å². The zero-order valence-electron chi connectivity index (χ0n) is 7.38. The third kappa shape index (κ3) is 1.77. The zero-order valence-corrected chi connectivity index (χ0v) is 8.20. The molecule has 0 aromatic carbocycles. The lowest BCUT2D eigenvalue weighted by Crippen LogP contribution is -2.13. The van der Waals surface area contributed by atoms with E-state index in [1.807, 2.05) is 11.8 Å². The lowest BCUT2D eigenvalue weighted by Gasteiger charge is -2.22. The highest BCUT2D eigenvalue weighted by molar-refractivity contribution is 8.01. The van der Waals surface area contributed by atoms with Gasteiger partial charge in [0.05, 0.1) is 6.07 Å². The van der Waals surface area contributed by atoms with E-state index in [0.717, 1.165) is 18.1 Å². The number of nitriles is 1. The molecule has 2 saturated carbocycles. The van der Waals surface area contributed by atoms with Crippen molar-refractivity contribution in [3.8, 4) is 6.07 Å². The summed E-state index contributed by atoms with van der Waals surface area (Å²) in [6.07, 6.45) is 9.19. The van der Waals surface area contributed by atoms with Gasteiger partial charge in [-0.15, -0.1) is 11.8 Å². The molecule has 0 bridgehead atoms. The Morgan fingerprint density at radius 3 is 2.33 bits per heavy atom. The summed E-state index contributed by atoms with van der Waals surface area (Å²) in [6.45, 7) is 0. The van der Waals surface area contributed by atoms with E-state index >= 15 is 0 Å². The first-order valence-corrected chi connectivity index (χ1v) is 5.82. The number of hydrogen-bond donors (Lipinski definition) is 0. The van der Waals surface area contributed by atoms with Gasteiger partial charge < -0.3 is 0 Å². The van der Waals surface area contributed by atoms with E-state index < -0.39 is 0 Å². The van der Waals surface area contributed by atoms with E-state index in [0.29, 0.717) is 0 Å². The highest BCUT2D eigenvalue weighted by Crippen LogP contribution is 2.51. The molecule has 0 aromatic heterocycles. The van der Waals surface area contributed by atoms with Crippen molar-refractivity contribution in [2.75, 3.05) is 0 Å². The van der Waals surface area contributed by atoms with E-state index in [-0.39, 0.29) is 4.75 Å². The normalized spacial score (nSPS) is 27.9. The topological polar surface area (TPSA) is 23.8 Å². The molecule has 0 spiro atoms. The average Bonchev–Trinajstić information content (AvgIpc) is 2.88.